The lowest BCUT2D eigenvalue weighted by molar-refractivity contribution is -0.0216. The van der Waals surface area contributed by atoms with Crippen molar-refractivity contribution < 1.29 is 18.6 Å². The molecule has 3 rings (SSSR count). The minimum absolute atomic E-state index is 0.0851. The highest BCUT2D eigenvalue weighted by molar-refractivity contribution is 5.17. The standard InChI is InChI=1S/C18H24N2O4/c1-3-23-18-6-4-5-14(19-18)11-20-9-10-22-13-16(20)17-8-7-15(24-17)12-21-2/h4-8,16H,3,9-13H2,1-2H3/t16-/m0/s1. The van der Waals surface area contributed by atoms with E-state index in [2.05, 4.69) is 9.88 Å². The van der Waals surface area contributed by atoms with Gasteiger partial charge in [-0.25, -0.2) is 4.98 Å². The van der Waals surface area contributed by atoms with Gasteiger partial charge < -0.3 is 18.6 Å². The molecule has 2 aromatic heterocycles. The van der Waals surface area contributed by atoms with Crippen molar-refractivity contribution in [3.63, 3.8) is 0 Å². The number of morpholine rings is 1. The number of hydrogen-bond acceptors (Lipinski definition) is 6. The lowest BCUT2D eigenvalue weighted by Crippen LogP contribution is -2.39. The first-order chi connectivity index (χ1) is 11.8. The van der Waals surface area contributed by atoms with E-state index in [1.165, 1.54) is 0 Å². The van der Waals surface area contributed by atoms with Gasteiger partial charge in [0.25, 0.3) is 0 Å². The Morgan fingerprint density at radius 3 is 3.04 bits per heavy atom. The molecule has 6 nitrogen and oxygen atoms in total. The normalized spacial score (nSPS) is 18.7. The molecular formula is C18H24N2O4. The average molecular weight is 332 g/mol. The van der Waals surface area contributed by atoms with Crippen LogP contribution in [0.1, 0.15) is 30.2 Å². The zero-order chi connectivity index (χ0) is 16.8. The molecule has 1 atom stereocenters. The summed E-state index contributed by atoms with van der Waals surface area (Å²) in [6.45, 7) is 5.96. The molecule has 0 unspecified atom stereocenters. The van der Waals surface area contributed by atoms with Crippen LogP contribution in [0.2, 0.25) is 0 Å². The van der Waals surface area contributed by atoms with Gasteiger partial charge in [0.2, 0.25) is 5.88 Å². The summed E-state index contributed by atoms with van der Waals surface area (Å²) in [6.07, 6.45) is 0. The first-order valence-corrected chi connectivity index (χ1v) is 8.28. The predicted octanol–water partition coefficient (Wildman–Crippen LogP) is 2.79. The molecule has 0 aromatic carbocycles. The molecule has 130 valence electrons. The monoisotopic (exact) mass is 332 g/mol. The highest BCUT2D eigenvalue weighted by atomic mass is 16.5. The molecule has 0 bridgehead atoms. The minimum Gasteiger partial charge on any atom is -0.478 e. The Morgan fingerprint density at radius 2 is 2.21 bits per heavy atom. The van der Waals surface area contributed by atoms with E-state index in [-0.39, 0.29) is 6.04 Å². The van der Waals surface area contributed by atoms with Gasteiger partial charge in [0.15, 0.2) is 0 Å². The van der Waals surface area contributed by atoms with Gasteiger partial charge in [-0.15, -0.1) is 0 Å². The minimum atomic E-state index is 0.0851. The molecule has 1 saturated heterocycles. The molecule has 0 amide bonds. The topological polar surface area (TPSA) is 57.0 Å². The van der Waals surface area contributed by atoms with Crippen LogP contribution in [0.25, 0.3) is 0 Å². The largest absolute Gasteiger partial charge is 0.478 e. The molecule has 0 N–H and O–H groups in total. The summed E-state index contributed by atoms with van der Waals surface area (Å²) in [6, 6.07) is 9.93. The first kappa shape index (κ1) is 17.0. The zero-order valence-corrected chi connectivity index (χ0v) is 14.2. The molecule has 3 heterocycles. The van der Waals surface area contributed by atoms with Gasteiger partial charge >= 0.3 is 0 Å². The second kappa shape index (κ2) is 8.28. The summed E-state index contributed by atoms with van der Waals surface area (Å²) in [7, 11) is 1.66. The summed E-state index contributed by atoms with van der Waals surface area (Å²) in [5.41, 5.74) is 0.983. The lowest BCUT2D eigenvalue weighted by Gasteiger charge is -2.34. The molecule has 0 spiro atoms. The van der Waals surface area contributed by atoms with E-state index >= 15 is 0 Å². The molecule has 0 radical (unpaired) electrons. The number of rotatable bonds is 7. The summed E-state index contributed by atoms with van der Waals surface area (Å²) in [5, 5.41) is 0. The number of pyridine rings is 1. The van der Waals surface area contributed by atoms with Crippen molar-refractivity contribution in [2.24, 2.45) is 0 Å². The van der Waals surface area contributed by atoms with Gasteiger partial charge in [-0.2, -0.15) is 0 Å². The second-order valence-electron chi connectivity index (χ2n) is 5.70. The summed E-state index contributed by atoms with van der Waals surface area (Å²) < 4.78 is 22.2. The smallest absolute Gasteiger partial charge is 0.213 e. The van der Waals surface area contributed by atoms with Gasteiger partial charge in [0, 0.05) is 26.3 Å². The van der Waals surface area contributed by atoms with Gasteiger partial charge in [0.05, 0.1) is 31.6 Å². The number of methoxy groups -OCH3 is 1. The first-order valence-electron chi connectivity index (χ1n) is 8.28. The van der Waals surface area contributed by atoms with Gasteiger partial charge in [0.1, 0.15) is 18.1 Å². The van der Waals surface area contributed by atoms with Crippen molar-refractivity contribution in [2.75, 3.05) is 33.5 Å². The Morgan fingerprint density at radius 1 is 1.29 bits per heavy atom. The number of furan rings is 1. The highest BCUT2D eigenvalue weighted by Crippen LogP contribution is 2.27. The van der Waals surface area contributed by atoms with Crippen molar-refractivity contribution in [1.29, 1.82) is 0 Å². The third-order valence-corrected chi connectivity index (χ3v) is 3.98. The summed E-state index contributed by atoms with van der Waals surface area (Å²) >= 11 is 0. The molecule has 1 aliphatic heterocycles. The maximum Gasteiger partial charge on any atom is 0.213 e. The average Bonchev–Trinajstić information content (AvgIpc) is 3.05. The van der Waals surface area contributed by atoms with Crippen LogP contribution in [-0.2, 0) is 22.6 Å². The van der Waals surface area contributed by atoms with Crippen LogP contribution in [0.5, 0.6) is 5.88 Å². The molecule has 0 aliphatic carbocycles. The van der Waals surface area contributed by atoms with Crippen molar-refractivity contribution in [1.82, 2.24) is 9.88 Å². The molecule has 0 saturated carbocycles. The Hall–Kier alpha value is -1.89. The SMILES string of the molecule is CCOc1cccc(CN2CCOC[C@H]2c2ccc(COC)o2)n1. The Kier molecular flexibility index (Phi) is 5.85. The third-order valence-electron chi connectivity index (χ3n) is 3.98. The van der Waals surface area contributed by atoms with Crippen LogP contribution >= 0.6 is 0 Å². The van der Waals surface area contributed by atoms with Crippen LogP contribution < -0.4 is 4.74 Å². The highest BCUT2D eigenvalue weighted by Gasteiger charge is 2.27. The Balaban J connectivity index is 1.73. The maximum atomic E-state index is 5.90. The molecule has 24 heavy (non-hydrogen) atoms. The quantitative estimate of drug-likeness (QED) is 0.777. The fourth-order valence-corrected chi connectivity index (χ4v) is 2.86. The summed E-state index contributed by atoms with van der Waals surface area (Å²) in [5.74, 6) is 2.40. The van der Waals surface area contributed by atoms with E-state index < -0.39 is 0 Å². The van der Waals surface area contributed by atoms with Crippen LogP contribution in [0.4, 0.5) is 0 Å². The lowest BCUT2D eigenvalue weighted by atomic mass is 10.1. The van der Waals surface area contributed by atoms with Crippen molar-refractivity contribution in [3.8, 4) is 5.88 Å². The van der Waals surface area contributed by atoms with Crippen molar-refractivity contribution in [2.45, 2.75) is 26.1 Å². The van der Waals surface area contributed by atoms with E-state index in [1.807, 2.05) is 37.3 Å². The van der Waals surface area contributed by atoms with E-state index in [9.17, 15) is 0 Å². The summed E-state index contributed by atoms with van der Waals surface area (Å²) in [4.78, 5) is 6.89. The third kappa shape index (κ3) is 4.14. The predicted molar refractivity (Wildman–Crippen MR) is 88.8 cm³/mol. The van der Waals surface area contributed by atoms with Crippen LogP contribution in [0.3, 0.4) is 0 Å². The van der Waals surface area contributed by atoms with Gasteiger partial charge in [-0.1, -0.05) is 6.07 Å². The molecule has 2 aromatic rings. The van der Waals surface area contributed by atoms with Crippen LogP contribution in [0, 0.1) is 0 Å². The fourth-order valence-electron chi connectivity index (χ4n) is 2.86. The van der Waals surface area contributed by atoms with Crippen LogP contribution in [-0.4, -0.2) is 43.4 Å². The number of aromatic nitrogens is 1. The molecule has 6 heteroatoms. The second-order valence-corrected chi connectivity index (χ2v) is 5.70. The van der Waals surface area contributed by atoms with Gasteiger partial charge in [-0.3, -0.25) is 4.90 Å². The van der Waals surface area contributed by atoms with E-state index in [1.54, 1.807) is 7.11 Å². The number of ether oxygens (including phenoxy) is 3. The number of nitrogens with zero attached hydrogens (tertiary/aromatic N) is 2. The molecule has 1 aliphatic rings. The Labute approximate surface area is 142 Å². The fraction of sp³-hybridized carbons (Fsp3) is 0.500. The molecule has 1 fully saturated rings. The van der Waals surface area contributed by atoms with Crippen molar-refractivity contribution >= 4 is 0 Å². The van der Waals surface area contributed by atoms with Crippen LogP contribution in [0.15, 0.2) is 34.7 Å². The number of hydrogen-bond donors (Lipinski definition) is 0. The van der Waals surface area contributed by atoms with E-state index in [0.29, 0.717) is 32.3 Å². The van der Waals surface area contributed by atoms with E-state index in [4.69, 9.17) is 18.6 Å². The van der Waals surface area contributed by atoms with E-state index in [0.717, 1.165) is 30.3 Å². The zero-order valence-electron chi connectivity index (χ0n) is 14.2. The Bertz CT molecular complexity index is 643. The maximum absolute atomic E-state index is 5.90. The molecular weight excluding hydrogens is 308 g/mol. The van der Waals surface area contributed by atoms with Crippen molar-refractivity contribution in [3.05, 3.63) is 47.5 Å². The van der Waals surface area contributed by atoms with Gasteiger partial charge in [-0.05, 0) is 25.1 Å².